The van der Waals surface area contributed by atoms with Crippen LogP contribution < -0.4 is 16.0 Å². The summed E-state index contributed by atoms with van der Waals surface area (Å²) in [6.45, 7) is 1.12. The number of fused-ring (bicyclic) bond motifs is 1. The number of alkyl halides is 3. The van der Waals surface area contributed by atoms with Crippen LogP contribution in [-0.4, -0.2) is 41.0 Å². The zero-order chi connectivity index (χ0) is 21.8. The minimum Gasteiger partial charge on any atom is -0.368 e. The molecule has 1 aromatic carbocycles. The minimum absolute atomic E-state index is 0.0430. The molecule has 9 heteroatoms. The summed E-state index contributed by atoms with van der Waals surface area (Å²) in [5.41, 5.74) is 5.86. The van der Waals surface area contributed by atoms with Crippen LogP contribution in [0.15, 0.2) is 24.5 Å². The highest BCUT2D eigenvalue weighted by Crippen LogP contribution is 2.57. The summed E-state index contributed by atoms with van der Waals surface area (Å²) in [4.78, 5) is 23.4. The molecule has 1 aromatic heterocycles. The van der Waals surface area contributed by atoms with Crippen LogP contribution in [0.2, 0.25) is 0 Å². The van der Waals surface area contributed by atoms with Crippen molar-refractivity contribution in [2.24, 2.45) is 17.1 Å². The molecule has 166 valence electrons. The van der Waals surface area contributed by atoms with Gasteiger partial charge in [0.15, 0.2) is 0 Å². The maximum Gasteiger partial charge on any atom is 0.418 e. The van der Waals surface area contributed by atoms with Gasteiger partial charge >= 0.3 is 6.18 Å². The predicted octanol–water partition coefficient (Wildman–Crippen LogP) is 3.25. The van der Waals surface area contributed by atoms with Gasteiger partial charge in [0.25, 0.3) is 0 Å². The highest BCUT2D eigenvalue weighted by molar-refractivity contribution is 5.92. The topological polar surface area (TPSA) is 84.1 Å². The molecule has 0 radical (unpaired) electrons. The van der Waals surface area contributed by atoms with Crippen molar-refractivity contribution in [3.63, 3.8) is 0 Å². The van der Waals surface area contributed by atoms with Crippen molar-refractivity contribution in [1.29, 1.82) is 0 Å². The Kier molecular flexibility index (Phi) is 4.84. The Balaban J connectivity index is 1.40. The first-order chi connectivity index (χ1) is 14.8. The lowest BCUT2D eigenvalue weighted by molar-refractivity contribution is -0.136. The average Bonchev–Trinajstić information content (AvgIpc) is 3.38. The summed E-state index contributed by atoms with van der Waals surface area (Å²) in [6.07, 6.45) is 3.85. The van der Waals surface area contributed by atoms with Crippen molar-refractivity contribution in [3.05, 3.63) is 30.1 Å². The first-order valence-corrected chi connectivity index (χ1v) is 10.9. The van der Waals surface area contributed by atoms with Gasteiger partial charge in [-0.3, -0.25) is 14.8 Å². The molecule has 6 nitrogen and oxygen atoms in total. The number of hydrogen-bond acceptors (Lipinski definition) is 5. The largest absolute Gasteiger partial charge is 0.418 e. The molecule has 2 aliphatic carbocycles. The third kappa shape index (κ3) is 3.73. The van der Waals surface area contributed by atoms with Crippen molar-refractivity contribution in [3.8, 4) is 0 Å². The fraction of sp³-hybridized carbons (Fsp3) is 0.591. The summed E-state index contributed by atoms with van der Waals surface area (Å²) in [5.74, 6) is -0.138. The molecule has 2 saturated carbocycles. The average molecular weight is 433 g/mol. The first-order valence-electron chi connectivity index (χ1n) is 10.9. The Hall–Kier alpha value is -2.42. The number of benzene rings is 1. The van der Waals surface area contributed by atoms with E-state index in [0.717, 1.165) is 44.6 Å². The van der Waals surface area contributed by atoms with E-state index in [1.54, 1.807) is 0 Å². The van der Waals surface area contributed by atoms with Crippen LogP contribution in [-0.2, 0) is 11.0 Å². The number of hydrogen-bond donors (Lipinski definition) is 2. The SMILES string of the molecule is N[C@@H]1CCC[C@H](NC(=O)C2CN(c3ccc(C(F)(F)F)c4nccnc34)CC23CC3)C1. The van der Waals surface area contributed by atoms with Gasteiger partial charge in [0.2, 0.25) is 5.91 Å². The minimum atomic E-state index is -4.50. The van der Waals surface area contributed by atoms with E-state index in [4.69, 9.17) is 5.73 Å². The molecule has 3 N–H and O–H groups in total. The van der Waals surface area contributed by atoms with Gasteiger partial charge in [-0.1, -0.05) is 0 Å². The molecule has 1 unspecified atom stereocenters. The molecule has 1 saturated heterocycles. The van der Waals surface area contributed by atoms with Gasteiger partial charge < -0.3 is 16.0 Å². The monoisotopic (exact) mass is 433 g/mol. The van der Waals surface area contributed by atoms with Gasteiger partial charge in [0.05, 0.1) is 17.2 Å². The van der Waals surface area contributed by atoms with E-state index in [1.807, 2.05) is 4.90 Å². The van der Waals surface area contributed by atoms with Crippen molar-refractivity contribution in [1.82, 2.24) is 15.3 Å². The molecular formula is C22H26F3N5O. The lowest BCUT2D eigenvalue weighted by atomic mass is 9.89. The number of carbonyl (C=O) groups is 1. The molecule has 1 aliphatic heterocycles. The van der Waals surface area contributed by atoms with Crippen molar-refractivity contribution < 1.29 is 18.0 Å². The molecule has 31 heavy (non-hydrogen) atoms. The fourth-order valence-corrected chi connectivity index (χ4v) is 5.37. The van der Waals surface area contributed by atoms with E-state index in [9.17, 15) is 18.0 Å². The predicted molar refractivity (Wildman–Crippen MR) is 110 cm³/mol. The Bertz CT molecular complexity index is 1010. The van der Waals surface area contributed by atoms with Crippen LogP contribution in [0.1, 0.15) is 44.1 Å². The third-order valence-corrected chi connectivity index (χ3v) is 7.17. The second-order valence-electron chi connectivity index (χ2n) is 9.31. The van der Waals surface area contributed by atoms with Gasteiger partial charge in [-0.25, -0.2) is 0 Å². The zero-order valence-corrected chi connectivity index (χ0v) is 17.2. The Morgan fingerprint density at radius 3 is 2.58 bits per heavy atom. The van der Waals surface area contributed by atoms with E-state index in [2.05, 4.69) is 15.3 Å². The molecule has 2 aromatic rings. The lowest BCUT2D eigenvalue weighted by Crippen LogP contribution is -2.46. The Morgan fingerprint density at radius 1 is 1.16 bits per heavy atom. The summed E-state index contributed by atoms with van der Waals surface area (Å²) >= 11 is 0. The number of amides is 1. The maximum atomic E-state index is 13.4. The molecule has 2 heterocycles. The quantitative estimate of drug-likeness (QED) is 0.776. The zero-order valence-electron chi connectivity index (χ0n) is 17.2. The van der Waals surface area contributed by atoms with Gasteiger partial charge in [-0.2, -0.15) is 13.2 Å². The van der Waals surface area contributed by atoms with Crippen LogP contribution in [0.25, 0.3) is 11.0 Å². The molecule has 3 atom stereocenters. The number of nitrogens with zero attached hydrogens (tertiary/aromatic N) is 3. The normalized spacial score (nSPS) is 27.6. The number of nitrogens with two attached hydrogens (primary N) is 1. The molecule has 3 aliphatic rings. The van der Waals surface area contributed by atoms with Gasteiger partial charge in [-0.05, 0) is 50.7 Å². The van der Waals surface area contributed by atoms with Gasteiger partial charge in [0, 0.05) is 43.0 Å². The number of nitrogens with one attached hydrogen (secondary N) is 1. The van der Waals surface area contributed by atoms with E-state index in [-0.39, 0.29) is 40.4 Å². The van der Waals surface area contributed by atoms with E-state index in [1.165, 1.54) is 18.5 Å². The summed E-state index contributed by atoms with van der Waals surface area (Å²) < 4.78 is 40.3. The molecule has 0 bridgehead atoms. The van der Waals surface area contributed by atoms with Crippen molar-refractivity contribution >= 4 is 22.6 Å². The second-order valence-corrected chi connectivity index (χ2v) is 9.31. The second kappa shape index (κ2) is 7.32. The molecule has 1 amide bonds. The molecular weight excluding hydrogens is 407 g/mol. The summed E-state index contributed by atoms with van der Waals surface area (Å²) in [7, 11) is 0. The third-order valence-electron chi connectivity index (χ3n) is 7.17. The van der Waals surface area contributed by atoms with E-state index < -0.39 is 11.7 Å². The molecule has 1 spiro atoms. The van der Waals surface area contributed by atoms with Crippen LogP contribution >= 0.6 is 0 Å². The van der Waals surface area contributed by atoms with Crippen LogP contribution in [0, 0.1) is 11.3 Å². The van der Waals surface area contributed by atoms with Gasteiger partial charge in [0.1, 0.15) is 11.0 Å². The van der Waals surface area contributed by atoms with Crippen LogP contribution in [0.4, 0.5) is 18.9 Å². The number of anilines is 1. The van der Waals surface area contributed by atoms with E-state index >= 15 is 0 Å². The number of rotatable bonds is 3. The number of halogens is 3. The molecule has 3 fully saturated rings. The van der Waals surface area contributed by atoms with Crippen molar-refractivity contribution in [2.45, 2.75) is 56.8 Å². The first kappa shape index (κ1) is 20.5. The van der Waals surface area contributed by atoms with Gasteiger partial charge in [-0.15, -0.1) is 0 Å². The summed E-state index contributed by atoms with van der Waals surface area (Å²) in [6, 6.07) is 2.78. The van der Waals surface area contributed by atoms with E-state index in [0.29, 0.717) is 18.8 Å². The summed E-state index contributed by atoms with van der Waals surface area (Å²) in [5, 5.41) is 3.20. The van der Waals surface area contributed by atoms with Crippen LogP contribution in [0.3, 0.4) is 0 Å². The number of aromatic nitrogens is 2. The molecule has 5 rings (SSSR count). The smallest absolute Gasteiger partial charge is 0.368 e. The lowest BCUT2D eigenvalue weighted by Gasteiger charge is -2.29. The van der Waals surface area contributed by atoms with Crippen molar-refractivity contribution in [2.75, 3.05) is 18.0 Å². The van der Waals surface area contributed by atoms with Crippen LogP contribution in [0.5, 0.6) is 0 Å². The highest BCUT2D eigenvalue weighted by Gasteiger charge is 2.58. The number of carbonyl (C=O) groups excluding carboxylic acids is 1. The highest BCUT2D eigenvalue weighted by atomic mass is 19.4. The fourth-order valence-electron chi connectivity index (χ4n) is 5.37. The Labute approximate surface area is 178 Å². The standard InChI is InChI=1S/C22H26F3N5O/c23-22(24,25)15-4-5-17(19-18(15)27-8-9-28-19)30-11-16(21(12-30)6-7-21)20(31)29-14-3-1-2-13(26)10-14/h4-5,8-9,13-14,16H,1-3,6-7,10-12,26H2,(H,29,31)/t13-,14+,16?/m1/s1. The Morgan fingerprint density at radius 2 is 1.90 bits per heavy atom. The maximum absolute atomic E-state index is 13.4.